The Morgan fingerprint density at radius 3 is 2.45 bits per heavy atom. The van der Waals surface area contributed by atoms with Gasteiger partial charge in [-0.2, -0.15) is 10.5 Å². The largest absolute Gasteiger partial charge is 0.595 e. The first-order valence-electron chi connectivity index (χ1n) is 9.00. The van der Waals surface area contributed by atoms with Gasteiger partial charge >= 0.3 is 5.97 Å². The van der Waals surface area contributed by atoms with Crippen LogP contribution in [0.5, 0.6) is 0 Å². The molecule has 0 saturated carbocycles. The molecule has 2 aromatic carbocycles. The number of nitrogens with zero attached hydrogens (tertiary/aromatic N) is 1. The highest BCUT2D eigenvalue weighted by Crippen LogP contribution is 2.38. The molecule has 31 heavy (non-hydrogen) atoms. The van der Waals surface area contributed by atoms with Gasteiger partial charge in [0.25, 0.3) is 0 Å². The van der Waals surface area contributed by atoms with Crippen molar-refractivity contribution in [2.24, 2.45) is 0 Å². The minimum absolute atomic E-state index is 0.0800. The number of likely N-dealkylation sites (N-methyl/N-ethyl adjacent to an activating group) is 1. The van der Waals surface area contributed by atoms with Crippen LogP contribution in [0.15, 0.2) is 64.8 Å². The van der Waals surface area contributed by atoms with Crippen molar-refractivity contribution in [3.63, 3.8) is 0 Å². The number of carbonyl (C=O) groups excluding carboxylic acids is 1. The van der Waals surface area contributed by atoms with Crippen molar-refractivity contribution in [2.45, 2.75) is 10.9 Å². The maximum absolute atomic E-state index is 13.0. The van der Waals surface area contributed by atoms with Gasteiger partial charge in [0.1, 0.15) is 22.3 Å². The summed E-state index contributed by atoms with van der Waals surface area (Å²) < 4.78 is 17.9. The normalized spacial score (nSPS) is 19.6. The molecular formula is C19H21N3O8S. The van der Waals surface area contributed by atoms with E-state index in [4.69, 9.17) is 14.8 Å². The highest BCUT2D eigenvalue weighted by Gasteiger charge is 2.39. The Hall–Kier alpha value is -2.68. The lowest BCUT2D eigenvalue weighted by Crippen LogP contribution is -3.01. The van der Waals surface area contributed by atoms with E-state index in [1.807, 2.05) is 6.07 Å². The van der Waals surface area contributed by atoms with Crippen molar-refractivity contribution in [3.8, 4) is 0 Å². The van der Waals surface area contributed by atoms with E-state index in [-0.39, 0.29) is 27.7 Å². The van der Waals surface area contributed by atoms with Crippen molar-refractivity contribution >= 4 is 28.1 Å². The molecule has 4 atom stereocenters. The first-order chi connectivity index (χ1) is 14.7. The van der Waals surface area contributed by atoms with Crippen LogP contribution in [0.1, 0.15) is 11.6 Å². The van der Waals surface area contributed by atoms with Crippen molar-refractivity contribution < 1.29 is 39.4 Å². The van der Waals surface area contributed by atoms with Gasteiger partial charge in [0.05, 0.1) is 29.7 Å². The van der Waals surface area contributed by atoms with E-state index in [9.17, 15) is 24.6 Å². The van der Waals surface area contributed by atoms with Crippen LogP contribution in [-0.2, 0) is 25.2 Å². The molecule has 0 spiro atoms. The molecule has 4 unspecified atom stereocenters. The molecule has 0 bridgehead atoms. The number of carbonyl (C=O) groups is 1. The summed E-state index contributed by atoms with van der Waals surface area (Å²) in [4.78, 5) is 18.1. The molecule has 0 amide bonds. The van der Waals surface area contributed by atoms with E-state index in [0.717, 1.165) is 11.6 Å². The van der Waals surface area contributed by atoms with Gasteiger partial charge in [-0.25, -0.2) is 15.2 Å². The van der Waals surface area contributed by atoms with Gasteiger partial charge in [0, 0.05) is 13.1 Å². The van der Waals surface area contributed by atoms with Crippen molar-refractivity contribution in [2.75, 3.05) is 19.9 Å². The van der Waals surface area contributed by atoms with Crippen LogP contribution in [0.3, 0.4) is 0 Å². The molecule has 0 fully saturated rings. The highest BCUT2D eigenvalue weighted by atomic mass is 32.2. The number of ether oxygens (including phenoxy) is 1. The number of quaternary nitrogens is 2. The fraction of sp³-hybridized carbons (Fsp3) is 0.211. The fourth-order valence-corrected chi connectivity index (χ4v) is 4.50. The molecule has 0 aliphatic carbocycles. The van der Waals surface area contributed by atoms with Gasteiger partial charge in [0.2, 0.25) is 0 Å². The third-order valence-electron chi connectivity index (χ3n) is 4.68. The average Bonchev–Trinajstić information content (AvgIpc) is 3.08. The molecule has 3 rings (SSSR count). The number of hydrogen-bond acceptors (Lipinski definition) is 9. The standard InChI is InChI=1S/C19H21N3O8S/c1-20-18(12-6-4-3-5-7-12)17(19(23)29-2)15(30-20)11-31(28)16-9-8-13(21(24)25)10-14(16)22(26)27/h3-10,18,21-22,24,26H,11H2,1-2H3. The van der Waals surface area contributed by atoms with Crippen LogP contribution in [0, 0.1) is 10.4 Å². The van der Waals surface area contributed by atoms with Crippen LogP contribution in [0.25, 0.3) is 0 Å². The monoisotopic (exact) mass is 451 g/mol. The molecule has 1 heterocycles. The van der Waals surface area contributed by atoms with E-state index < -0.39 is 39.0 Å². The lowest BCUT2D eigenvalue weighted by atomic mass is 9.98. The molecule has 11 nitrogen and oxygen atoms in total. The Labute approximate surface area is 179 Å². The van der Waals surface area contributed by atoms with Crippen molar-refractivity contribution in [1.82, 2.24) is 5.06 Å². The molecule has 2 aromatic rings. The first-order valence-corrected chi connectivity index (χ1v) is 10.3. The molecule has 0 aromatic heterocycles. The summed E-state index contributed by atoms with van der Waals surface area (Å²) >= 11 is 0. The Kier molecular flexibility index (Phi) is 7.15. The minimum Gasteiger partial charge on any atom is -0.595 e. The fourth-order valence-electron chi connectivity index (χ4n) is 3.29. The zero-order valence-electron chi connectivity index (χ0n) is 16.6. The zero-order valence-corrected chi connectivity index (χ0v) is 17.4. The van der Waals surface area contributed by atoms with Crippen LogP contribution >= 0.6 is 0 Å². The zero-order chi connectivity index (χ0) is 22.7. The summed E-state index contributed by atoms with van der Waals surface area (Å²) in [6.07, 6.45) is 0. The topological polar surface area (TPSA) is 151 Å². The van der Waals surface area contributed by atoms with Crippen molar-refractivity contribution in [3.05, 3.63) is 75.8 Å². The third kappa shape index (κ3) is 4.81. The number of esters is 1. The Bertz CT molecular complexity index is 1010. The number of rotatable bonds is 7. The minimum atomic E-state index is -1.94. The molecular weight excluding hydrogens is 430 g/mol. The quantitative estimate of drug-likeness (QED) is 0.327. The van der Waals surface area contributed by atoms with Gasteiger partial charge in [-0.1, -0.05) is 30.3 Å². The predicted molar refractivity (Wildman–Crippen MR) is 106 cm³/mol. The number of methoxy groups -OCH3 is 1. The predicted octanol–water partition coefficient (Wildman–Crippen LogP) is -0.354. The van der Waals surface area contributed by atoms with Crippen LogP contribution in [-0.4, -0.2) is 45.6 Å². The summed E-state index contributed by atoms with van der Waals surface area (Å²) in [5.74, 6) is -0.879. The smallest absolute Gasteiger partial charge is 0.339 e. The van der Waals surface area contributed by atoms with Gasteiger partial charge in [-0.15, -0.1) is 5.06 Å². The van der Waals surface area contributed by atoms with Gasteiger partial charge in [-0.05, 0) is 11.6 Å². The van der Waals surface area contributed by atoms with Crippen LogP contribution in [0.4, 0.5) is 11.4 Å². The summed E-state index contributed by atoms with van der Waals surface area (Å²) in [6, 6.07) is 11.7. The molecule has 1 aliphatic heterocycles. The van der Waals surface area contributed by atoms with Crippen molar-refractivity contribution in [1.29, 1.82) is 0 Å². The summed E-state index contributed by atoms with van der Waals surface area (Å²) in [5.41, 5.74) is 0.268. The second-order valence-electron chi connectivity index (χ2n) is 6.59. The molecule has 166 valence electrons. The third-order valence-corrected chi connectivity index (χ3v) is 6.05. The van der Waals surface area contributed by atoms with Gasteiger partial charge < -0.3 is 20.0 Å². The second kappa shape index (κ2) is 9.64. The maximum Gasteiger partial charge on any atom is 0.339 e. The Balaban J connectivity index is 2.00. The Morgan fingerprint density at radius 1 is 1.19 bits per heavy atom. The number of nitrogens with one attached hydrogen (secondary N) is 2. The van der Waals surface area contributed by atoms with Gasteiger partial charge in [0.15, 0.2) is 11.4 Å². The van der Waals surface area contributed by atoms with Gasteiger partial charge in [-0.3, -0.25) is 4.21 Å². The number of benzene rings is 2. The molecule has 1 aliphatic rings. The van der Waals surface area contributed by atoms with E-state index in [1.165, 1.54) is 24.3 Å². The lowest BCUT2D eigenvalue weighted by molar-refractivity contribution is -0.997. The average molecular weight is 451 g/mol. The van der Waals surface area contributed by atoms with E-state index >= 15 is 0 Å². The molecule has 0 radical (unpaired) electrons. The lowest BCUT2D eigenvalue weighted by Gasteiger charge is -2.20. The maximum atomic E-state index is 13.0. The SMILES string of the molecule is COC(=O)C1=C(CS(=O)c2ccc([NH+]([O-])O)cc2[NH+]([O-])O)ON(C)C1c1ccccc1. The van der Waals surface area contributed by atoms with Crippen LogP contribution < -0.4 is 10.5 Å². The first kappa shape index (κ1) is 23.0. The number of hydroxylamine groups is 2. The van der Waals surface area contributed by atoms with Crippen LogP contribution in [0.2, 0.25) is 0 Å². The van der Waals surface area contributed by atoms with E-state index in [1.54, 1.807) is 31.3 Å². The second-order valence-corrected chi connectivity index (χ2v) is 8.01. The number of hydrogen-bond donors (Lipinski definition) is 4. The Morgan fingerprint density at radius 2 is 1.87 bits per heavy atom. The summed E-state index contributed by atoms with van der Waals surface area (Å²) in [5, 5.41) is 40.0. The van der Waals surface area contributed by atoms with E-state index in [2.05, 4.69) is 0 Å². The molecule has 4 N–H and O–H groups in total. The molecule has 12 heteroatoms. The molecule has 0 saturated heterocycles. The van der Waals surface area contributed by atoms with E-state index in [0.29, 0.717) is 0 Å². The summed E-state index contributed by atoms with van der Waals surface area (Å²) in [7, 11) is 0.888. The highest BCUT2D eigenvalue weighted by molar-refractivity contribution is 7.85. The summed E-state index contributed by atoms with van der Waals surface area (Å²) in [6.45, 7) is 0.